The molecule has 1 N–H and O–H groups in total. The van der Waals surface area contributed by atoms with Gasteiger partial charge in [0, 0.05) is 4.88 Å². The summed E-state index contributed by atoms with van der Waals surface area (Å²) in [5.74, 6) is 0.530. The molecule has 2 aromatic heterocycles. The third-order valence-electron chi connectivity index (χ3n) is 3.34. The van der Waals surface area contributed by atoms with Crippen LogP contribution in [0, 0.1) is 12.8 Å². The molecule has 104 valence electrons. The molecule has 0 saturated carbocycles. The summed E-state index contributed by atoms with van der Waals surface area (Å²) >= 11 is 3.54. The van der Waals surface area contributed by atoms with Crippen LogP contribution < -0.4 is 5.32 Å². The summed E-state index contributed by atoms with van der Waals surface area (Å²) in [6, 6.07) is 11.1. The molecule has 0 amide bonds. The molecule has 3 rings (SSSR count). The molecule has 0 fully saturated rings. The molecule has 0 aliphatic heterocycles. The van der Waals surface area contributed by atoms with Crippen molar-refractivity contribution >= 4 is 38.0 Å². The summed E-state index contributed by atoms with van der Waals surface area (Å²) in [6.45, 7) is 6.61. The first kappa shape index (κ1) is 13.6. The highest BCUT2D eigenvalue weighted by molar-refractivity contribution is 7.22. The van der Waals surface area contributed by atoms with E-state index in [1.54, 1.807) is 22.7 Å². The smallest absolute Gasteiger partial charge is 0.184 e. The van der Waals surface area contributed by atoms with Crippen LogP contribution in [0.2, 0.25) is 0 Å². The molecular weight excluding hydrogens is 284 g/mol. The monoisotopic (exact) mass is 302 g/mol. The zero-order chi connectivity index (χ0) is 14.1. The van der Waals surface area contributed by atoms with Crippen LogP contribution in [0.3, 0.4) is 0 Å². The number of aromatic nitrogens is 1. The van der Waals surface area contributed by atoms with Crippen LogP contribution in [-0.4, -0.2) is 4.98 Å². The Morgan fingerprint density at radius 2 is 2.05 bits per heavy atom. The topological polar surface area (TPSA) is 24.9 Å². The highest BCUT2D eigenvalue weighted by Crippen LogP contribution is 2.33. The van der Waals surface area contributed by atoms with Crippen molar-refractivity contribution in [2.45, 2.75) is 26.8 Å². The van der Waals surface area contributed by atoms with Gasteiger partial charge in [0.1, 0.15) is 0 Å². The molecular formula is C16H18N2S2. The van der Waals surface area contributed by atoms with Crippen molar-refractivity contribution in [2.24, 2.45) is 5.92 Å². The van der Waals surface area contributed by atoms with Crippen molar-refractivity contribution in [3.63, 3.8) is 0 Å². The standard InChI is InChI=1S/C16H18N2S2/c1-10(2)15(13-5-4-8-19-13)18-16-17-12-7-6-11(3)9-14(12)20-16/h4-10,15H,1-3H3,(H,17,18). The van der Waals surface area contributed by atoms with Gasteiger partial charge in [-0.05, 0) is 42.0 Å². The summed E-state index contributed by atoms with van der Waals surface area (Å²) in [7, 11) is 0. The van der Waals surface area contributed by atoms with Crippen LogP contribution in [0.4, 0.5) is 5.13 Å². The number of thiazole rings is 1. The van der Waals surface area contributed by atoms with Crippen molar-refractivity contribution in [2.75, 3.05) is 5.32 Å². The van der Waals surface area contributed by atoms with Crippen LogP contribution in [0.15, 0.2) is 35.7 Å². The number of thiophene rings is 1. The van der Waals surface area contributed by atoms with E-state index >= 15 is 0 Å². The van der Waals surface area contributed by atoms with E-state index in [1.807, 2.05) is 0 Å². The number of fused-ring (bicyclic) bond motifs is 1. The molecule has 3 aromatic rings. The molecule has 4 heteroatoms. The predicted octanol–water partition coefficient (Wildman–Crippen LogP) is 5.48. The number of rotatable bonds is 4. The van der Waals surface area contributed by atoms with Crippen LogP contribution in [0.1, 0.15) is 30.3 Å². The van der Waals surface area contributed by atoms with E-state index < -0.39 is 0 Å². The van der Waals surface area contributed by atoms with E-state index in [4.69, 9.17) is 4.98 Å². The molecule has 1 atom stereocenters. The van der Waals surface area contributed by atoms with Gasteiger partial charge < -0.3 is 5.32 Å². The van der Waals surface area contributed by atoms with Crippen molar-refractivity contribution in [1.29, 1.82) is 0 Å². The summed E-state index contributed by atoms with van der Waals surface area (Å²) < 4.78 is 1.25. The van der Waals surface area contributed by atoms with Gasteiger partial charge in [0.25, 0.3) is 0 Å². The maximum absolute atomic E-state index is 4.70. The van der Waals surface area contributed by atoms with Gasteiger partial charge in [0.2, 0.25) is 0 Å². The molecule has 2 nitrogen and oxygen atoms in total. The molecule has 1 unspecified atom stereocenters. The second kappa shape index (κ2) is 5.54. The minimum Gasteiger partial charge on any atom is -0.354 e. The number of aryl methyl sites for hydroxylation is 1. The Kier molecular flexibility index (Phi) is 3.76. The minimum absolute atomic E-state index is 0.330. The van der Waals surface area contributed by atoms with Gasteiger partial charge in [0.05, 0.1) is 16.3 Å². The van der Waals surface area contributed by atoms with Gasteiger partial charge in [-0.1, -0.05) is 37.3 Å². The van der Waals surface area contributed by atoms with Crippen molar-refractivity contribution in [1.82, 2.24) is 4.98 Å². The number of anilines is 1. The minimum atomic E-state index is 0.330. The van der Waals surface area contributed by atoms with Crippen molar-refractivity contribution < 1.29 is 0 Å². The van der Waals surface area contributed by atoms with Gasteiger partial charge in [0.15, 0.2) is 5.13 Å². The van der Waals surface area contributed by atoms with Crippen LogP contribution in [0.25, 0.3) is 10.2 Å². The Hall–Kier alpha value is -1.39. The number of benzene rings is 1. The number of hydrogen-bond donors (Lipinski definition) is 1. The van der Waals surface area contributed by atoms with Gasteiger partial charge in [-0.3, -0.25) is 0 Å². The first-order chi connectivity index (χ1) is 9.63. The van der Waals surface area contributed by atoms with E-state index in [0.29, 0.717) is 12.0 Å². The van der Waals surface area contributed by atoms with Crippen molar-refractivity contribution in [3.8, 4) is 0 Å². The van der Waals surface area contributed by atoms with Crippen LogP contribution in [0.5, 0.6) is 0 Å². The quantitative estimate of drug-likeness (QED) is 0.690. The number of nitrogens with one attached hydrogen (secondary N) is 1. The lowest BCUT2D eigenvalue weighted by atomic mass is 10.0. The van der Waals surface area contributed by atoms with E-state index in [0.717, 1.165) is 10.6 Å². The maximum atomic E-state index is 4.70. The summed E-state index contributed by atoms with van der Waals surface area (Å²) in [5, 5.41) is 6.75. The fraction of sp³-hybridized carbons (Fsp3) is 0.312. The van der Waals surface area contributed by atoms with E-state index in [9.17, 15) is 0 Å². The highest BCUT2D eigenvalue weighted by atomic mass is 32.1. The average molecular weight is 302 g/mol. The zero-order valence-corrected chi connectivity index (χ0v) is 13.5. The lowest BCUT2D eigenvalue weighted by Gasteiger charge is -2.20. The fourth-order valence-corrected chi connectivity index (χ4v) is 4.21. The Labute approximate surface area is 127 Å². The predicted molar refractivity (Wildman–Crippen MR) is 89.9 cm³/mol. The average Bonchev–Trinajstić information content (AvgIpc) is 3.03. The first-order valence-electron chi connectivity index (χ1n) is 6.80. The van der Waals surface area contributed by atoms with E-state index in [1.165, 1.54) is 15.1 Å². The van der Waals surface area contributed by atoms with Crippen LogP contribution >= 0.6 is 22.7 Å². The van der Waals surface area contributed by atoms with Crippen LogP contribution in [-0.2, 0) is 0 Å². The maximum Gasteiger partial charge on any atom is 0.184 e. The van der Waals surface area contributed by atoms with E-state index in [-0.39, 0.29) is 0 Å². The summed E-state index contributed by atoms with van der Waals surface area (Å²) in [4.78, 5) is 6.07. The number of nitrogens with zero attached hydrogens (tertiary/aromatic N) is 1. The van der Waals surface area contributed by atoms with Gasteiger partial charge in [-0.25, -0.2) is 4.98 Å². The Bertz CT molecular complexity index is 698. The molecule has 0 radical (unpaired) electrons. The Morgan fingerprint density at radius 3 is 2.75 bits per heavy atom. The molecule has 0 spiro atoms. The third kappa shape index (κ3) is 2.72. The Balaban J connectivity index is 1.90. The Morgan fingerprint density at radius 1 is 1.20 bits per heavy atom. The fourth-order valence-electron chi connectivity index (χ4n) is 2.26. The lowest BCUT2D eigenvalue weighted by molar-refractivity contribution is 0.553. The summed E-state index contributed by atoms with van der Waals surface area (Å²) in [6.07, 6.45) is 0. The second-order valence-electron chi connectivity index (χ2n) is 5.37. The molecule has 0 bridgehead atoms. The molecule has 1 aromatic carbocycles. The largest absolute Gasteiger partial charge is 0.354 e. The van der Waals surface area contributed by atoms with Gasteiger partial charge >= 0.3 is 0 Å². The SMILES string of the molecule is Cc1ccc2nc(NC(c3cccs3)C(C)C)sc2c1. The lowest BCUT2D eigenvalue weighted by Crippen LogP contribution is -2.15. The van der Waals surface area contributed by atoms with Gasteiger partial charge in [-0.15, -0.1) is 11.3 Å². The first-order valence-corrected chi connectivity index (χ1v) is 8.50. The molecule has 0 saturated heterocycles. The molecule has 0 aliphatic rings. The molecule has 0 aliphatic carbocycles. The summed E-state index contributed by atoms with van der Waals surface area (Å²) in [5.41, 5.74) is 2.36. The second-order valence-corrected chi connectivity index (χ2v) is 7.38. The zero-order valence-electron chi connectivity index (χ0n) is 11.9. The highest BCUT2D eigenvalue weighted by Gasteiger charge is 2.18. The van der Waals surface area contributed by atoms with Gasteiger partial charge in [-0.2, -0.15) is 0 Å². The van der Waals surface area contributed by atoms with Crippen molar-refractivity contribution in [3.05, 3.63) is 46.2 Å². The molecule has 2 heterocycles. The normalized spacial score (nSPS) is 13.0. The van der Waals surface area contributed by atoms with E-state index in [2.05, 4.69) is 61.8 Å². The molecule has 20 heavy (non-hydrogen) atoms. The third-order valence-corrected chi connectivity index (χ3v) is 5.24. The number of hydrogen-bond acceptors (Lipinski definition) is 4.